The Bertz CT molecular complexity index is 341. The van der Waals surface area contributed by atoms with E-state index in [0.29, 0.717) is 6.04 Å². The van der Waals surface area contributed by atoms with Crippen LogP contribution in [0.1, 0.15) is 30.9 Å². The van der Waals surface area contributed by atoms with Crippen molar-refractivity contribution in [1.82, 2.24) is 5.32 Å². The van der Waals surface area contributed by atoms with Crippen LogP contribution in [0.4, 0.5) is 0 Å². The molecule has 0 saturated heterocycles. The number of terminal acetylenes is 1. The molecule has 1 aromatic carbocycles. The molecular weight excluding hydrogens is 206 g/mol. The van der Waals surface area contributed by atoms with Crippen LogP contribution >= 0.6 is 11.6 Å². The molecule has 0 spiro atoms. The van der Waals surface area contributed by atoms with Gasteiger partial charge in [0.05, 0.1) is 0 Å². The fourth-order valence-corrected chi connectivity index (χ4v) is 1.89. The predicted molar refractivity (Wildman–Crippen MR) is 65.9 cm³/mol. The summed E-state index contributed by atoms with van der Waals surface area (Å²) < 4.78 is 0. The van der Waals surface area contributed by atoms with Crippen molar-refractivity contribution < 1.29 is 0 Å². The third-order valence-corrected chi connectivity index (χ3v) is 2.79. The van der Waals surface area contributed by atoms with Crippen LogP contribution in [0.5, 0.6) is 0 Å². The fraction of sp³-hybridized carbons (Fsp3) is 0.385. The van der Waals surface area contributed by atoms with Gasteiger partial charge >= 0.3 is 0 Å². The molecular formula is C13H16ClN. The normalized spacial score (nSPS) is 12.1. The first-order valence-corrected chi connectivity index (χ1v) is 5.52. The molecule has 0 radical (unpaired) electrons. The lowest BCUT2D eigenvalue weighted by Crippen LogP contribution is -2.16. The highest BCUT2D eigenvalue weighted by molar-refractivity contribution is 6.31. The molecule has 0 aliphatic heterocycles. The van der Waals surface area contributed by atoms with E-state index < -0.39 is 0 Å². The minimum Gasteiger partial charge on any atom is -0.313 e. The average molecular weight is 222 g/mol. The quantitative estimate of drug-likeness (QED) is 0.594. The van der Waals surface area contributed by atoms with Crippen molar-refractivity contribution in [3.05, 3.63) is 34.9 Å². The van der Waals surface area contributed by atoms with Crippen LogP contribution in [-0.4, -0.2) is 7.05 Å². The Kier molecular flexibility index (Phi) is 5.25. The van der Waals surface area contributed by atoms with Crippen molar-refractivity contribution in [3.8, 4) is 12.3 Å². The van der Waals surface area contributed by atoms with Gasteiger partial charge < -0.3 is 5.32 Å². The largest absolute Gasteiger partial charge is 0.313 e. The van der Waals surface area contributed by atoms with Crippen LogP contribution in [-0.2, 0) is 0 Å². The highest BCUT2D eigenvalue weighted by Crippen LogP contribution is 2.25. The minimum atomic E-state index is 0.298. The van der Waals surface area contributed by atoms with E-state index in [4.69, 9.17) is 18.0 Å². The summed E-state index contributed by atoms with van der Waals surface area (Å²) in [4.78, 5) is 0. The van der Waals surface area contributed by atoms with Crippen LogP contribution in [0.15, 0.2) is 24.3 Å². The van der Waals surface area contributed by atoms with E-state index in [1.165, 1.54) is 0 Å². The Morgan fingerprint density at radius 2 is 2.20 bits per heavy atom. The molecule has 0 aromatic heterocycles. The molecule has 0 bridgehead atoms. The molecule has 0 aliphatic carbocycles. The van der Waals surface area contributed by atoms with Crippen LogP contribution in [0.25, 0.3) is 0 Å². The van der Waals surface area contributed by atoms with E-state index >= 15 is 0 Å². The molecule has 1 nitrogen and oxygen atoms in total. The topological polar surface area (TPSA) is 12.0 Å². The van der Waals surface area contributed by atoms with Gasteiger partial charge in [0.2, 0.25) is 0 Å². The molecule has 1 aromatic rings. The number of nitrogens with one attached hydrogen (secondary N) is 1. The number of benzene rings is 1. The van der Waals surface area contributed by atoms with E-state index in [1.807, 2.05) is 25.2 Å². The SMILES string of the molecule is C#CCCCC(NC)c1ccccc1Cl. The molecule has 1 unspecified atom stereocenters. The van der Waals surface area contributed by atoms with Gasteiger partial charge in [-0.25, -0.2) is 0 Å². The molecule has 1 atom stereocenters. The lowest BCUT2D eigenvalue weighted by Gasteiger charge is -2.17. The summed E-state index contributed by atoms with van der Waals surface area (Å²) in [6.45, 7) is 0. The maximum atomic E-state index is 6.13. The van der Waals surface area contributed by atoms with Crippen LogP contribution in [0.2, 0.25) is 5.02 Å². The molecule has 0 amide bonds. The molecule has 1 rings (SSSR count). The molecule has 1 N–H and O–H groups in total. The Labute approximate surface area is 96.8 Å². The summed E-state index contributed by atoms with van der Waals surface area (Å²) in [6, 6.07) is 8.22. The number of halogens is 1. The Morgan fingerprint density at radius 1 is 1.47 bits per heavy atom. The standard InChI is InChI=1S/C13H16ClN/c1-3-4-5-10-13(15-2)11-8-6-7-9-12(11)14/h1,6-9,13,15H,4-5,10H2,2H3. The zero-order valence-electron chi connectivity index (χ0n) is 8.96. The lowest BCUT2D eigenvalue weighted by atomic mass is 10.0. The van der Waals surface area contributed by atoms with Crippen LogP contribution in [0, 0.1) is 12.3 Å². The molecule has 15 heavy (non-hydrogen) atoms. The highest BCUT2D eigenvalue weighted by Gasteiger charge is 2.11. The Morgan fingerprint density at radius 3 is 2.80 bits per heavy atom. The van der Waals surface area contributed by atoms with Crippen molar-refractivity contribution >= 4 is 11.6 Å². The van der Waals surface area contributed by atoms with E-state index in [-0.39, 0.29) is 0 Å². The summed E-state index contributed by atoms with van der Waals surface area (Å²) >= 11 is 6.13. The maximum Gasteiger partial charge on any atom is 0.0453 e. The molecule has 0 saturated carbocycles. The Balaban J connectivity index is 2.66. The summed E-state index contributed by atoms with van der Waals surface area (Å²) in [6.07, 6.45) is 8.09. The highest BCUT2D eigenvalue weighted by atomic mass is 35.5. The number of unbranched alkanes of at least 4 members (excludes halogenated alkanes) is 1. The number of rotatable bonds is 5. The monoisotopic (exact) mass is 221 g/mol. The zero-order chi connectivity index (χ0) is 11.1. The van der Waals surface area contributed by atoms with Crippen molar-refractivity contribution in [2.75, 3.05) is 7.05 Å². The maximum absolute atomic E-state index is 6.13. The van der Waals surface area contributed by atoms with Crippen LogP contribution in [0.3, 0.4) is 0 Å². The first-order chi connectivity index (χ1) is 7.29. The van der Waals surface area contributed by atoms with Crippen molar-refractivity contribution in [2.24, 2.45) is 0 Å². The summed E-state index contributed by atoms with van der Waals surface area (Å²) in [7, 11) is 1.95. The second kappa shape index (κ2) is 6.50. The van der Waals surface area contributed by atoms with E-state index in [9.17, 15) is 0 Å². The van der Waals surface area contributed by atoms with E-state index in [1.54, 1.807) is 0 Å². The summed E-state index contributed by atoms with van der Waals surface area (Å²) in [5.74, 6) is 2.65. The third kappa shape index (κ3) is 3.58. The second-order valence-corrected chi connectivity index (χ2v) is 3.87. The van der Waals surface area contributed by atoms with Gasteiger partial charge in [-0.3, -0.25) is 0 Å². The molecule has 0 fully saturated rings. The fourth-order valence-electron chi connectivity index (χ4n) is 1.62. The van der Waals surface area contributed by atoms with Gasteiger partial charge in [0.15, 0.2) is 0 Å². The molecule has 0 heterocycles. The number of hydrogen-bond acceptors (Lipinski definition) is 1. The zero-order valence-corrected chi connectivity index (χ0v) is 9.72. The van der Waals surface area contributed by atoms with E-state index in [0.717, 1.165) is 29.8 Å². The van der Waals surface area contributed by atoms with Gasteiger partial charge in [-0.05, 0) is 31.5 Å². The average Bonchev–Trinajstić information content (AvgIpc) is 2.26. The van der Waals surface area contributed by atoms with Gasteiger partial charge in [0, 0.05) is 17.5 Å². The van der Waals surface area contributed by atoms with Crippen molar-refractivity contribution in [3.63, 3.8) is 0 Å². The smallest absolute Gasteiger partial charge is 0.0453 e. The summed E-state index contributed by atoms with van der Waals surface area (Å²) in [5.41, 5.74) is 1.15. The van der Waals surface area contributed by atoms with E-state index in [2.05, 4.69) is 17.3 Å². The predicted octanol–water partition coefficient (Wildman–Crippen LogP) is 3.40. The second-order valence-electron chi connectivity index (χ2n) is 3.46. The number of hydrogen-bond donors (Lipinski definition) is 1. The first-order valence-electron chi connectivity index (χ1n) is 5.14. The lowest BCUT2D eigenvalue weighted by molar-refractivity contribution is 0.532. The van der Waals surface area contributed by atoms with Crippen molar-refractivity contribution in [1.29, 1.82) is 0 Å². The minimum absolute atomic E-state index is 0.298. The molecule has 0 aliphatic rings. The first kappa shape index (κ1) is 12.1. The molecule has 80 valence electrons. The van der Waals surface area contributed by atoms with Gasteiger partial charge in [0.25, 0.3) is 0 Å². The van der Waals surface area contributed by atoms with Crippen LogP contribution < -0.4 is 5.32 Å². The third-order valence-electron chi connectivity index (χ3n) is 2.44. The van der Waals surface area contributed by atoms with Gasteiger partial charge in [-0.15, -0.1) is 12.3 Å². The van der Waals surface area contributed by atoms with Gasteiger partial charge in [-0.1, -0.05) is 29.8 Å². The summed E-state index contributed by atoms with van der Waals surface area (Å²) in [5, 5.41) is 4.08. The molecule has 2 heteroatoms. The van der Waals surface area contributed by atoms with Gasteiger partial charge in [0.1, 0.15) is 0 Å². The Hall–Kier alpha value is -0.970. The van der Waals surface area contributed by atoms with Crippen molar-refractivity contribution in [2.45, 2.75) is 25.3 Å². The van der Waals surface area contributed by atoms with Gasteiger partial charge in [-0.2, -0.15) is 0 Å².